The number of piperidine rings is 1. The summed E-state index contributed by atoms with van der Waals surface area (Å²) >= 11 is 0. The fourth-order valence-corrected chi connectivity index (χ4v) is 3.47. The number of carbonyl (C=O) groups is 2. The third kappa shape index (κ3) is 5.44. The van der Waals surface area contributed by atoms with E-state index in [1.165, 1.54) is 0 Å². The molecule has 0 radical (unpaired) electrons. The SMILES string of the molecule is CN1CCCC(NC(=O)NCc2cccc(NC(=O)C3CCCO3)c2)C1. The van der Waals surface area contributed by atoms with Gasteiger partial charge in [0.05, 0.1) is 0 Å². The molecular formula is C19H28N4O3. The molecule has 2 atom stereocenters. The van der Waals surface area contributed by atoms with Gasteiger partial charge in [0.2, 0.25) is 0 Å². The summed E-state index contributed by atoms with van der Waals surface area (Å²) in [4.78, 5) is 26.5. The van der Waals surface area contributed by atoms with Gasteiger partial charge >= 0.3 is 6.03 Å². The first kappa shape index (κ1) is 18.7. The van der Waals surface area contributed by atoms with Crippen molar-refractivity contribution in [1.82, 2.24) is 15.5 Å². The van der Waals surface area contributed by atoms with E-state index in [9.17, 15) is 9.59 Å². The van der Waals surface area contributed by atoms with Crippen molar-refractivity contribution in [3.05, 3.63) is 29.8 Å². The van der Waals surface area contributed by atoms with E-state index in [-0.39, 0.29) is 24.1 Å². The molecule has 2 aliphatic rings. The van der Waals surface area contributed by atoms with Crippen molar-refractivity contribution < 1.29 is 14.3 Å². The second-order valence-electron chi connectivity index (χ2n) is 7.12. The summed E-state index contributed by atoms with van der Waals surface area (Å²) in [6.07, 6.45) is 3.46. The lowest BCUT2D eigenvalue weighted by Gasteiger charge is -2.30. The highest BCUT2D eigenvalue weighted by Gasteiger charge is 2.23. The minimum Gasteiger partial charge on any atom is -0.368 e. The molecule has 3 rings (SSSR count). The normalized spacial score (nSPS) is 23.4. The summed E-state index contributed by atoms with van der Waals surface area (Å²) < 4.78 is 5.40. The number of nitrogens with zero attached hydrogens (tertiary/aromatic N) is 1. The van der Waals surface area contributed by atoms with Crippen LogP contribution in [0.4, 0.5) is 10.5 Å². The van der Waals surface area contributed by atoms with Crippen molar-refractivity contribution in [2.24, 2.45) is 0 Å². The third-order valence-corrected chi connectivity index (χ3v) is 4.83. The summed E-state index contributed by atoms with van der Waals surface area (Å²) in [5, 5.41) is 8.80. The van der Waals surface area contributed by atoms with Crippen LogP contribution in [0.25, 0.3) is 0 Å². The van der Waals surface area contributed by atoms with Crippen LogP contribution in [-0.4, -0.2) is 55.7 Å². The predicted octanol–water partition coefficient (Wildman–Crippen LogP) is 1.70. The van der Waals surface area contributed by atoms with E-state index >= 15 is 0 Å². The number of likely N-dealkylation sites (tertiary alicyclic amines) is 1. The number of benzene rings is 1. The molecule has 2 unspecified atom stereocenters. The molecule has 1 aromatic carbocycles. The molecule has 0 aromatic heterocycles. The number of rotatable bonds is 5. The highest BCUT2D eigenvalue weighted by atomic mass is 16.5. The van der Waals surface area contributed by atoms with E-state index in [1.807, 2.05) is 24.3 Å². The monoisotopic (exact) mass is 360 g/mol. The number of likely N-dealkylation sites (N-methyl/N-ethyl adjacent to an activating group) is 1. The van der Waals surface area contributed by atoms with Gasteiger partial charge in [0.15, 0.2) is 0 Å². The van der Waals surface area contributed by atoms with Gasteiger partial charge in [0.1, 0.15) is 6.10 Å². The van der Waals surface area contributed by atoms with Gasteiger partial charge in [-0.25, -0.2) is 4.79 Å². The van der Waals surface area contributed by atoms with Crippen LogP contribution in [-0.2, 0) is 16.1 Å². The molecule has 3 N–H and O–H groups in total. The Morgan fingerprint density at radius 1 is 1.27 bits per heavy atom. The maximum Gasteiger partial charge on any atom is 0.315 e. The van der Waals surface area contributed by atoms with Crippen molar-refractivity contribution in [1.29, 1.82) is 0 Å². The zero-order valence-corrected chi connectivity index (χ0v) is 15.3. The van der Waals surface area contributed by atoms with Crippen molar-refractivity contribution in [3.8, 4) is 0 Å². The van der Waals surface area contributed by atoms with Crippen LogP contribution in [0.5, 0.6) is 0 Å². The Kier molecular flexibility index (Phi) is 6.46. The zero-order valence-electron chi connectivity index (χ0n) is 15.3. The van der Waals surface area contributed by atoms with Gasteiger partial charge in [-0.2, -0.15) is 0 Å². The Bertz CT molecular complexity index is 631. The molecule has 2 aliphatic heterocycles. The van der Waals surface area contributed by atoms with Crippen molar-refractivity contribution in [2.45, 2.75) is 44.4 Å². The number of amides is 3. The molecule has 26 heavy (non-hydrogen) atoms. The Morgan fingerprint density at radius 3 is 2.92 bits per heavy atom. The number of carbonyl (C=O) groups excluding carboxylic acids is 2. The first-order chi connectivity index (χ1) is 12.6. The lowest BCUT2D eigenvalue weighted by atomic mass is 10.1. The van der Waals surface area contributed by atoms with Crippen molar-refractivity contribution >= 4 is 17.6 Å². The van der Waals surface area contributed by atoms with Crippen LogP contribution < -0.4 is 16.0 Å². The molecular weight excluding hydrogens is 332 g/mol. The molecule has 7 heteroatoms. The first-order valence-corrected chi connectivity index (χ1v) is 9.34. The minimum absolute atomic E-state index is 0.105. The summed E-state index contributed by atoms with van der Waals surface area (Å²) in [6.45, 7) is 3.04. The van der Waals surface area contributed by atoms with E-state index in [0.717, 1.165) is 50.0 Å². The number of nitrogens with one attached hydrogen (secondary N) is 3. The number of hydrogen-bond acceptors (Lipinski definition) is 4. The maximum atomic E-state index is 12.1. The molecule has 2 heterocycles. The van der Waals surface area contributed by atoms with Gasteiger partial charge in [-0.15, -0.1) is 0 Å². The molecule has 7 nitrogen and oxygen atoms in total. The highest BCUT2D eigenvalue weighted by Crippen LogP contribution is 2.16. The fraction of sp³-hybridized carbons (Fsp3) is 0.579. The average molecular weight is 360 g/mol. The predicted molar refractivity (Wildman–Crippen MR) is 99.9 cm³/mol. The van der Waals surface area contributed by atoms with Crippen LogP contribution >= 0.6 is 0 Å². The highest BCUT2D eigenvalue weighted by molar-refractivity contribution is 5.94. The van der Waals surface area contributed by atoms with Crippen LogP contribution in [0.15, 0.2) is 24.3 Å². The van der Waals surface area contributed by atoms with Gasteiger partial charge in [-0.3, -0.25) is 4.79 Å². The van der Waals surface area contributed by atoms with Gasteiger partial charge < -0.3 is 25.6 Å². The summed E-state index contributed by atoms with van der Waals surface area (Å²) in [5.41, 5.74) is 1.66. The number of urea groups is 1. The first-order valence-electron chi connectivity index (χ1n) is 9.34. The molecule has 2 saturated heterocycles. The molecule has 1 aromatic rings. The van der Waals surface area contributed by atoms with Gasteiger partial charge in [0, 0.05) is 31.4 Å². The molecule has 3 amide bonds. The van der Waals surface area contributed by atoms with E-state index in [0.29, 0.717) is 13.2 Å². The number of anilines is 1. The molecule has 2 fully saturated rings. The Morgan fingerprint density at radius 2 is 2.15 bits per heavy atom. The van der Waals surface area contributed by atoms with Gasteiger partial charge in [0.25, 0.3) is 5.91 Å². The largest absolute Gasteiger partial charge is 0.368 e. The lowest BCUT2D eigenvalue weighted by Crippen LogP contribution is -2.49. The fourth-order valence-electron chi connectivity index (χ4n) is 3.47. The van der Waals surface area contributed by atoms with Gasteiger partial charge in [-0.1, -0.05) is 12.1 Å². The van der Waals surface area contributed by atoms with Crippen LogP contribution in [0, 0.1) is 0 Å². The Balaban J connectivity index is 1.45. The number of hydrogen-bond donors (Lipinski definition) is 3. The summed E-state index contributed by atoms with van der Waals surface area (Å²) in [6, 6.07) is 7.56. The summed E-state index contributed by atoms with van der Waals surface area (Å²) in [5.74, 6) is -0.105. The smallest absolute Gasteiger partial charge is 0.315 e. The minimum atomic E-state index is -0.351. The second-order valence-corrected chi connectivity index (χ2v) is 7.12. The van der Waals surface area contributed by atoms with E-state index in [1.54, 1.807) is 0 Å². The maximum absolute atomic E-state index is 12.1. The van der Waals surface area contributed by atoms with Crippen LogP contribution in [0.1, 0.15) is 31.2 Å². The van der Waals surface area contributed by atoms with E-state index < -0.39 is 0 Å². The topological polar surface area (TPSA) is 82.7 Å². The van der Waals surface area contributed by atoms with E-state index in [4.69, 9.17) is 4.74 Å². The van der Waals surface area contributed by atoms with Gasteiger partial charge in [-0.05, 0) is 57.0 Å². The standard InChI is InChI=1S/C19H28N4O3/c1-23-9-3-7-16(13-23)22-19(25)20-12-14-5-2-6-15(11-14)21-18(24)17-8-4-10-26-17/h2,5-6,11,16-17H,3-4,7-10,12-13H2,1H3,(H,21,24)(H2,20,22,25). The van der Waals surface area contributed by atoms with E-state index in [2.05, 4.69) is 27.9 Å². The quantitative estimate of drug-likeness (QED) is 0.746. The molecule has 0 spiro atoms. The average Bonchev–Trinajstić information content (AvgIpc) is 3.15. The Hall–Kier alpha value is -2.12. The molecule has 0 saturated carbocycles. The lowest BCUT2D eigenvalue weighted by molar-refractivity contribution is -0.124. The molecule has 142 valence electrons. The van der Waals surface area contributed by atoms with Crippen molar-refractivity contribution in [3.63, 3.8) is 0 Å². The van der Waals surface area contributed by atoms with Crippen molar-refractivity contribution in [2.75, 3.05) is 32.1 Å². The van der Waals surface area contributed by atoms with Crippen LogP contribution in [0.2, 0.25) is 0 Å². The Labute approximate surface area is 154 Å². The van der Waals surface area contributed by atoms with Crippen LogP contribution in [0.3, 0.4) is 0 Å². The number of ether oxygens (including phenoxy) is 1. The second kappa shape index (κ2) is 9.00. The third-order valence-electron chi connectivity index (χ3n) is 4.83. The molecule has 0 aliphatic carbocycles. The summed E-state index contributed by atoms with van der Waals surface area (Å²) in [7, 11) is 2.07. The zero-order chi connectivity index (χ0) is 18.4. The molecule has 0 bridgehead atoms.